The Morgan fingerprint density at radius 3 is 2.45 bits per heavy atom. The number of hydrogen-bond acceptors (Lipinski definition) is 2. The molecule has 0 aliphatic rings. The van der Waals surface area contributed by atoms with E-state index in [1.54, 1.807) is 24.3 Å². The number of nitrogens with zero attached hydrogens (tertiary/aromatic N) is 2. The summed E-state index contributed by atoms with van der Waals surface area (Å²) in [5, 5.41) is 3.60. The molecule has 0 bridgehead atoms. The predicted octanol–water partition coefficient (Wildman–Crippen LogP) is 5.10. The average molecular weight is 404 g/mol. The van der Waals surface area contributed by atoms with E-state index in [2.05, 4.69) is 40.2 Å². The summed E-state index contributed by atoms with van der Waals surface area (Å²) in [4.78, 5) is 17.1. The highest BCUT2D eigenvalue weighted by atomic mass is 35.5. The smallest absolute Gasteiger partial charge is 0.251 e. The van der Waals surface area contributed by atoms with Crippen LogP contribution in [0.15, 0.2) is 78.9 Å². The molecule has 4 aromatic rings. The van der Waals surface area contributed by atoms with Gasteiger partial charge in [0.25, 0.3) is 5.91 Å². The van der Waals surface area contributed by atoms with Gasteiger partial charge in [-0.25, -0.2) is 4.98 Å². The largest absolute Gasteiger partial charge is 0.352 e. The number of hydrogen-bond donors (Lipinski definition) is 1. The van der Waals surface area contributed by atoms with Crippen LogP contribution in [0.3, 0.4) is 0 Å². The number of aryl methyl sites for hydroxylation is 1. The first-order valence-corrected chi connectivity index (χ1v) is 10.1. The average Bonchev–Trinajstić information content (AvgIpc) is 3.10. The van der Waals surface area contributed by atoms with Gasteiger partial charge in [0, 0.05) is 30.1 Å². The van der Waals surface area contributed by atoms with Crippen LogP contribution in [0.1, 0.15) is 28.2 Å². The SMILES string of the molecule is O=C(NCCCc1nc2ccccc2n1Cc1ccccc1)c1ccc(Cl)cc1. The minimum absolute atomic E-state index is 0.0838. The van der Waals surface area contributed by atoms with Crippen LogP contribution in [-0.4, -0.2) is 22.0 Å². The van der Waals surface area contributed by atoms with Crippen molar-refractivity contribution in [1.82, 2.24) is 14.9 Å². The van der Waals surface area contributed by atoms with Crippen molar-refractivity contribution in [2.75, 3.05) is 6.54 Å². The number of rotatable bonds is 7. The lowest BCUT2D eigenvalue weighted by atomic mass is 10.2. The molecule has 0 aliphatic carbocycles. The highest BCUT2D eigenvalue weighted by Gasteiger charge is 2.11. The molecule has 0 spiro atoms. The molecule has 1 N–H and O–H groups in total. The topological polar surface area (TPSA) is 46.9 Å². The van der Waals surface area contributed by atoms with Gasteiger partial charge in [0.2, 0.25) is 0 Å². The van der Waals surface area contributed by atoms with Crippen LogP contribution in [0.5, 0.6) is 0 Å². The summed E-state index contributed by atoms with van der Waals surface area (Å²) in [7, 11) is 0. The van der Waals surface area contributed by atoms with E-state index in [4.69, 9.17) is 16.6 Å². The maximum absolute atomic E-state index is 12.2. The van der Waals surface area contributed by atoms with Crippen LogP contribution in [0.4, 0.5) is 0 Å². The highest BCUT2D eigenvalue weighted by molar-refractivity contribution is 6.30. The molecule has 0 unspecified atom stereocenters. The maximum atomic E-state index is 12.2. The molecule has 0 radical (unpaired) electrons. The molecular formula is C24H22ClN3O. The van der Waals surface area contributed by atoms with E-state index < -0.39 is 0 Å². The van der Waals surface area contributed by atoms with Gasteiger partial charge < -0.3 is 9.88 Å². The zero-order chi connectivity index (χ0) is 20.1. The van der Waals surface area contributed by atoms with Crippen LogP contribution < -0.4 is 5.32 Å². The van der Waals surface area contributed by atoms with Gasteiger partial charge in [-0.2, -0.15) is 0 Å². The molecular weight excluding hydrogens is 382 g/mol. The van der Waals surface area contributed by atoms with E-state index in [1.165, 1.54) is 5.56 Å². The summed E-state index contributed by atoms with van der Waals surface area (Å²) in [6, 6.07) is 25.5. The normalized spacial score (nSPS) is 10.9. The maximum Gasteiger partial charge on any atom is 0.251 e. The molecule has 146 valence electrons. The van der Waals surface area contributed by atoms with Crippen molar-refractivity contribution < 1.29 is 4.79 Å². The van der Waals surface area contributed by atoms with Gasteiger partial charge in [-0.05, 0) is 48.4 Å². The predicted molar refractivity (Wildman–Crippen MR) is 117 cm³/mol. The van der Waals surface area contributed by atoms with Crippen LogP contribution >= 0.6 is 11.6 Å². The van der Waals surface area contributed by atoms with E-state index in [0.717, 1.165) is 36.2 Å². The fourth-order valence-electron chi connectivity index (χ4n) is 3.41. The second-order valence-electron chi connectivity index (χ2n) is 6.95. The molecule has 0 fully saturated rings. The monoisotopic (exact) mass is 403 g/mol. The van der Waals surface area contributed by atoms with Gasteiger partial charge in [-0.1, -0.05) is 54.1 Å². The zero-order valence-electron chi connectivity index (χ0n) is 16.0. The Morgan fingerprint density at radius 1 is 0.931 bits per heavy atom. The second kappa shape index (κ2) is 8.93. The molecule has 0 atom stereocenters. The summed E-state index contributed by atoms with van der Waals surface area (Å²) in [6.45, 7) is 1.38. The molecule has 29 heavy (non-hydrogen) atoms. The molecule has 0 saturated heterocycles. The van der Waals surface area contributed by atoms with Gasteiger partial charge in [0.15, 0.2) is 0 Å². The molecule has 4 rings (SSSR count). The number of nitrogens with one attached hydrogen (secondary N) is 1. The molecule has 1 amide bonds. The summed E-state index contributed by atoms with van der Waals surface area (Å²) < 4.78 is 2.27. The summed E-state index contributed by atoms with van der Waals surface area (Å²) in [6.07, 6.45) is 1.61. The van der Waals surface area contributed by atoms with Gasteiger partial charge >= 0.3 is 0 Å². The van der Waals surface area contributed by atoms with Crippen molar-refractivity contribution in [3.8, 4) is 0 Å². The van der Waals surface area contributed by atoms with Gasteiger partial charge in [0.05, 0.1) is 11.0 Å². The van der Waals surface area contributed by atoms with Crippen molar-refractivity contribution in [1.29, 1.82) is 0 Å². The third kappa shape index (κ3) is 4.66. The lowest BCUT2D eigenvalue weighted by Gasteiger charge is -2.10. The molecule has 1 aromatic heterocycles. The lowest BCUT2D eigenvalue weighted by molar-refractivity contribution is 0.0953. The standard InChI is InChI=1S/C24H22ClN3O/c25-20-14-12-19(13-15-20)24(29)26-16-6-11-23-27-21-9-4-5-10-22(21)28(23)17-18-7-2-1-3-8-18/h1-5,7-10,12-15H,6,11,16-17H2,(H,26,29). The molecule has 1 heterocycles. The number of carbonyl (C=O) groups is 1. The Morgan fingerprint density at radius 2 is 1.66 bits per heavy atom. The van der Waals surface area contributed by atoms with E-state index >= 15 is 0 Å². The summed E-state index contributed by atoms with van der Waals surface area (Å²) in [5.41, 5.74) is 4.00. The van der Waals surface area contributed by atoms with Crippen molar-refractivity contribution >= 4 is 28.5 Å². The first kappa shape index (κ1) is 19.2. The number of imidazole rings is 1. The van der Waals surface area contributed by atoms with E-state index in [1.807, 2.05) is 24.3 Å². The van der Waals surface area contributed by atoms with E-state index in [-0.39, 0.29) is 5.91 Å². The quantitative estimate of drug-likeness (QED) is 0.436. The van der Waals surface area contributed by atoms with Crippen molar-refractivity contribution in [2.45, 2.75) is 19.4 Å². The fraction of sp³-hybridized carbons (Fsp3) is 0.167. The third-order valence-electron chi connectivity index (χ3n) is 4.89. The Balaban J connectivity index is 1.43. The van der Waals surface area contributed by atoms with Crippen LogP contribution in [0, 0.1) is 0 Å². The molecule has 3 aromatic carbocycles. The fourth-order valence-corrected chi connectivity index (χ4v) is 3.54. The Labute approximate surface area is 175 Å². The molecule has 4 nitrogen and oxygen atoms in total. The van der Waals surface area contributed by atoms with Gasteiger partial charge in [-0.3, -0.25) is 4.79 Å². The first-order chi connectivity index (χ1) is 14.2. The van der Waals surface area contributed by atoms with Crippen LogP contribution in [0.25, 0.3) is 11.0 Å². The number of halogens is 1. The first-order valence-electron chi connectivity index (χ1n) is 9.72. The lowest BCUT2D eigenvalue weighted by Crippen LogP contribution is -2.25. The summed E-state index contributed by atoms with van der Waals surface area (Å²) in [5.74, 6) is 0.954. The minimum Gasteiger partial charge on any atom is -0.352 e. The second-order valence-corrected chi connectivity index (χ2v) is 7.39. The molecule has 0 aliphatic heterocycles. The molecule has 0 saturated carbocycles. The number of benzene rings is 3. The number of aromatic nitrogens is 2. The van der Waals surface area contributed by atoms with Crippen LogP contribution in [0.2, 0.25) is 5.02 Å². The Kier molecular flexibility index (Phi) is 5.92. The third-order valence-corrected chi connectivity index (χ3v) is 5.14. The highest BCUT2D eigenvalue weighted by Crippen LogP contribution is 2.19. The van der Waals surface area contributed by atoms with E-state index in [9.17, 15) is 4.79 Å². The van der Waals surface area contributed by atoms with Gasteiger partial charge in [-0.15, -0.1) is 0 Å². The van der Waals surface area contributed by atoms with E-state index in [0.29, 0.717) is 17.1 Å². The van der Waals surface area contributed by atoms with Crippen LogP contribution in [-0.2, 0) is 13.0 Å². The number of amides is 1. The van der Waals surface area contributed by atoms with Crippen molar-refractivity contribution in [3.05, 3.63) is 101 Å². The Hall–Kier alpha value is -3.11. The Bertz CT molecular complexity index is 1100. The molecule has 5 heteroatoms. The van der Waals surface area contributed by atoms with Crippen molar-refractivity contribution in [3.63, 3.8) is 0 Å². The number of carbonyl (C=O) groups excluding carboxylic acids is 1. The number of fused-ring (bicyclic) bond motifs is 1. The van der Waals surface area contributed by atoms with Gasteiger partial charge in [0.1, 0.15) is 5.82 Å². The summed E-state index contributed by atoms with van der Waals surface area (Å²) >= 11 is 5.88. The zero-order valence-corrected chi connectivity index (χ0v) is 16.8. The van der Waals surface area contributed by atoms with Crippen molar-refractivity contribution in [2.24, 2.45) is 0 Å². The number of para-hydroxylation sites is 2. The minimum atomic E-state index is -0.0838.